The van der Waals surface area contributed by atoms with Crippen molar-refractivity contribution in [1.29, 1.82) is 0 Å². The highest BCUT2D eigenvalue weighted by Gasteiger charge is 2.09. The predicted molar refractivity (Wildman–Crippen MR) is 57.1 cm³/mol. The van der Waals surface area contributed by atoms with Crippen LogP contribution >= 0.6 is 0 Å². The van der Waals surface area contributed by atoms with Crippen molar-refractivity contribution in [1.82, 2.24) is 0 Å². The molecule has 0 bridgehead atoms. The van der Waals surface area contributed by atoms with Gasteiger partial charge < -0.3 is 0 Å². The molecule has 0 N–H and O–H groups in total. The van der Waals surface area contributed by atoms with E-state index in [-0.39, 0.29) is 0 Å². The van der Waals surface area contributed by atoms with Gasteiger partial charge in [0.05, 0.1) is 0 Å². The standard InChI is InChI=1S/C7H16.2C2H6/c1-5-7(3,4)6-2;2*1-2/h5-6H2,1-4H3;2*1-2H3. The molecule has 0 aromatic heterocycles. The predicted octanol–water partition coefficient (Wildman–Crippen LogP) is 4.89. The molecule has 0 aliphatic heterocycles. The minimum absolute atomic E-state index is 0.583. The first-order chi connectivity index (χ1) is 5.12. The van der Waals surface area contributed by atoms with E-state index in [4.69, 9.17) is 0 Å². The van der Waals surface area contributed by atoms with Crippen molar-refractivity contribution in [2.45, 2.75) is 68.2 Å². The summed E-state index contributed by atoms with van der Waals surface area (Å²) in [6.45, 7) is 17.1. The molecule has 0 aromatic rings. The van der Waals surface area contributed by atoms with Gasteiger partial charge in [0, 0.05) is 0 Å². The van der Waals surface area contributed by atoms with Gasteiger partial charge in [0.1, 0.15) is 0 Å². The van der Waals surface area contributed by atoms with Crippen LogP contribution in [0.5, 0.6) is 0 Å². The Morgan fingerprint density at radius 2 is 0.909 bits per heavy atom. The second-order valence-corrected chi connectivity index (χ2v) is 2.87. The van der Waals surface area contributed by atoms with Gasteiger partial charge >= 0.3 is 0 Å². The number of hydrogen-bond donors (Lipinski definition) is 0. The summed E-state index contributed by atoms with van der Waals surface area (Å²) in [4.78, 5) is 0. The molecule has 0 atom stereocenters. The Morgan fingerprint density at radius 1 is 0.727 bits per heavy atom. The van der Waals surface area contributed by atoms with Gasteiger partial charge in [-0.3, -0.25) is 0 Å². The Morgan fingerprint density at radius 3 is 0.909 bits per heavy atom. The van der Waals surface area contributed by atoms with Crippen molar-refractivity contribution < 1.29 is 0 Å². The molecule has 0 amide bonds. The average Bonchev–Trinajstić information content (AvgIpc) is 2.12. The van der Waals surface area contributed by atoms with Crippen molar-refractivity contribution in [3.63, 3.8) is 0 Å². The molecule has 0 aromatic carbocycles. The normalized spacial score (nSPS) is 8.73. The van der Waals surface area contributed by atoms with Crippen molar-refractivity contribution >= 4 is 0 Å². The zero-order chi connectivity index (χ0) is 9.91. The summed E-state index contributed by atoms with van der Waals surface area (Å²) in [5.74, 6) is 0. The van der Waals surface area contributed by atoms with Crippen LogP contribution in [0.1, 0.15) is 68.2 Å². The smallest absolute Gasteiger partial charge is 0.0359 e. The molecule has 0 aliphatic carbocycles. The van der Waals surface area contributed by atoms with Crippen molar-refractivity contribution in [2.75, 3.05) is 0 Å². The molecule has 0 fully saturated rings. The molecule has 0 radical (unpaired) electrons. The third-order valence-corrected chi connectivity index (χ3v) is 1.91. The molecule has 0 nitrogen and oxygen atoms in total. The summed E-state index contributed by atoms with van der Waals surface area (Å²) in [5, 5.41) is 0. The molecular formula is C11H28. The van der Waals surface area contributed by atoms with E-state index in [1.54, 1.807) is 0 Å². The molecule has 0 unspecified atom stereocenters. The third kappa shape index (κ3) is 17.8. The lowest BCUT2D eigenvalue weighted by molar-refractivity contribution is 0.338. The summed E-state index contributed by atoms with van der Waals surface area (Å²) in [6, 6.07) is 0. The van der Waals surface area contributed by atoms with E-state index in [2.05, 4.69) is 27.7 Å². The molecule has 0 aliphatic rings. The third-order valence-electron chi connectivity index (χ3n) is 1.91. The molecule has 11 heavy (non-hydrogen) atoms. The highest BCUT2D eigenvalue weighted by Crippen LogP contribution is 2.22. The molecule has 0 heteroatoms. The summed E-state index contributed by atoms with van der Waals surface area (Å²) in [6.07, 6.45) is 2.59. The maximum Gasteiger partial charge on any atom is -0.0359 e. The molecule has 72 valence electrons. The fourth-order valence-electron chi connectivity index (χ4n) is 0.250. The largest absolute Gasteiger partial charge is 0.0683 e. The zero-order valence-corrected chi connectivity index (χ0v) is 9.91. The summed E-state index contributed by atoms with van der Waals surface area (Å²) in [7, 11) is 0. The van der Waals surface area contributed by atoms with Crippen LogP contribution in [0, 0.1) is 5.41 Å². The van der Waals surface area contributed by atoms with Crippen LogP contribution in [-0.4, -0.2) is 0 Å². The van der Waals surface area contributed by atoms with E-state index in [0.29, 0.717) is 5.41 Å². The molecular weight excluding hydrogens is 132 g/mol. The minimum atomic E-state index is 0.583. The Balaban J connectivity index is -0.000000138. The van der Waals surface area contributed by atoms with E-state index >= 15 is 0 Å². The first kappa shape index (κ1) is 17.2. The minimum Gasteiger partial charge on any atom is -0.0683 e. The summed E-state index contributed by atoms with van der Waals surface area (Å²) < 4.78 is 0. The van der Waals surface area contributed by atoms with E-state index in [0.717, 1.165) is 0 Å². The lowest BCUT2D eigenvalue weighted by atomic mass is 9.88. The maximum atomic E-state index is 2.30. The van der Waals surface area contributed by atoms with Crippen molar-refractivity contribution in [2.24, 2.45) is 5.41 Å². The Labute approximate surface area is 74.4 Å². The van der Waals surface area contributed by atoms with Gasteiger partial charge in [0.25, 0.3) is 0 Å². The zero-order valence-electron chi connectivity index (χ0n) is 9.91. The van der Waals surface area contributed by atoms with Crippen LogP contribution in [0.15, 0.2) is 0 Å². The Hall–Kier alpha value is 0. The average molecular weight is 160 g/mol. The first-order valence-electron chi connectivity index (χ1n) is 5.12. The Bertz CT molecular complexity index is 38.0. The summed E-state index contributed by atoms with van der Waals surface area (Å²) in [5.41, 5.74) is 0.583. The van der Waals surface area contributed by atoms with Gasteiger partial charge in [-0.15, -0.1) is 0 Å². The van der Waals surface area contributed by atoms with Gasteiger partial charge in [-0.25, -0.2) is 0 Å². The molecule has 0 saturated carbocycles. The van der Waals surface area contributed by atoms with Gasteiger partial charge in [0.15, 0.2) is 0 Å². The Kier molecular flexibility index (Phi) is 19.8. The van der Waals surface area contributed by atoms with Crippen LogP contribution in [0.3, 0.4) is 0 Å². The molecule has 0 spiro atoms. The van der Waals surface area contributed by atoms with E-state index in [1.165, 1.54) is 12.8 Å². The van der Waals surface area contributed by atoms with Crippen LogP contribution in [-0.2, 0) is 0 Å². The number of rotatable bonds is 2. The van der Waals surface area contributed by atoms with E-state index in [1.807, 2.05) is 27.7 Å². The topological polar surface area (TPSA) is 0 Å². The first-order valence-corrected chi connectivity index (χ1v) is 5.12. The van der Waals surface area contributed by atoms with Gasteiger partial charge in [-0.2, -0.15) is 0 Å². The second kappa shape index (κ2) is 12.7. The van der Waals surface area contributed by atoms with E-state index in [9.17, 15) is 0 Å². The molecule has 0 saturated heterocycles. The SMILES string of the molecule is CC.CC.CCC(C)(C)CC. The summed E-state index contributed by atoms with van der Waals surface area (Å²) >= 11 is 0. The van der Waals surface area contributed by atoms with Gasteiger partial charge in [0.2, 0.25) is 0 Å². The lowest BCUT2D eigenvalue weighted by Crippen LogP contribution is -2.05. The quantitative estimate of drug-likeness (QED) is 0.540. The highest BCUT2D eigenvalue weighted by molar-refractivity contribution is 4.61. The monoisotopic (exact) mass is 160 g/mol. The van der Waals surface area contributed by atoms with Crippen molar-refractivity contribution in [3.05, 3.63) is 0 Å². The van der Waals surface area contributed by atoms with E-state index < -0.39 is 0 Å². The van der Waals surface area contributed by atoms with Gasteiger partial charge in [-0.1, -0.05) is 68.2 Å². The highest BCUT2D eigenvalue weighted by atomic mass is 14.1. The molecule has 0 rings (SSSR count). The van der Waals surface area contributed by atoms with Crippen LogP contribution < -0.4 is 0 Å². The van der Waals surface area contributed by atoms with Crippen LogP contribution in [0.25, 0.3) is 0 Å². The fourth-order valence-corrected chi connectivity index (χ4v) is 0.250. The lowest BCUT2D eigenvalue weighted by Gasteiger charge is -2.18. The molecule has 0 heterocycles. The fraction of sp³-hybridized carbons (Fsp3) is 1.00. The van der Waals surface area contributed by atoms with Crippen LogP contribution in [0.2, 0.25) is 0 Å². The van der Waals surface area contributed by atoms with Gasteiger partial charge in [-0.05, 0) is 5.41 Å². The number of hydrogen-bond acceptors (Lipinski definition) is 0. The van der Waals surface area contributed by atoms with Crippen molar-refractivity contribution in [3.8, 4) is 0 Å². The second-order valence-electron chi connectivity index (χ2n) is 2.87. The van der Waals surface area contributed by atoms with Crippen LogP contribution in [0.4, 0.5) is 0 Å². The maximum absolute atomic E-state index is 2.30.